The molecule has 0 spiro atoms. The number of rotatable bonds is 6. The fourth-order valence-corrected chi connectivity index (χ4v) is 4.36. The molecular formula is C23H21F3N4S. The van der Waals surface area contributed by atoms with E-state index in [0.717, 1.165) is 49.7 Å². The second-order valence-electron chi connectivity index (χ2n) is 7.41. The van der Waals surface area contributed by atoms with Gasteiger partial charge in [0, 0.05) is 30.4 Å². The Bertz CT molecular complexity index is 1190. The molecule has 2 aromatic heterocycles. The predicted molar refractivity (Wildman–Crippen MR) is 119 cm³/mol. The molecule has 0 radical (unpaired) electrons. The normalized spacial score (nSPS) is 12.8. The zero-order valence-electron chi connectivity index (χ0n) is 16.8. The SMILES string of the molecule is Cc1nc(NC[C@@H](N)Cc2ccc(C(F)(F)F)cc2)sc1-c1ccc2cnccc2c1. The van der Waals surface area contributed by atoms with Crippen molar-refractivity contribution >= 4 is 27.2 Å². The van der Waals surface area contributed by atoms with Crippen LogP contribution in [0.1, 0.15) is 16.8 Å². The molecule has 4 nitrogen and oxygen atoms in total. The van der Waals surface area contributed by atoms with Crippen molar-refractivity contribution in [1.29, 1.82) is 0 Å². The van der Waals surface area contributed by atoms with Gasteiger partial charge in [0.1, 0.15) is 0 Å². The van der Waals surface area contributed by atoms with Crippen LogP contribution in [-0.4, -0.2) is 22.6 Å². The maximum atomic E-state index is 12.7. The lowest BCUT2D eigenvalue weighted by molar-refractivity contribution is -0.137. The van der Waals surface area contributed by atoms with Gasteiger partial charge >= 0.3 is 6.18 Å². The molecule has 1 atom stereocenters. The molecule has 8 heteroatoms. The zero-order chi connectivity index (χ0) is 22.0. The standard InChI is InChI=1S/C23H21F3N4S/c1-14-21(17-4-5-18-12-28-9-8-16(18)11-17)31-22(30-14)29-13-20(27)10-15-2-6-19(7-3-15)23(24,25)26/h2-9,11-12,20H,10,13,27H2,1H3,(H,29,30)/t20-/m0/s1. The molecule has 4 aromatic rings. The van der Waals surface area contributed by atoms with Gasteiger partial charge in [-0.15, -0.1) is 0 Å². The number of nitrogens with one attached hydrogen (secondary N) is 1. The number of anilines is 1. The zero-order valence-corrected chi connectivity index (χ0v) is 17.6. The molecule has 0 aliphatic rings. The van der Waals surface area contributed by atoms with Crippen LogP contribution in [0.25, 0.3) is 21.2 Å². The van der Waals surface area contributed by atoms with Crippen LogP contribution < -0.4 is 11.1 Å². The van der Waals surface area contributed by atoms with Crippen molar-refractivity contribution in [2.24, 2.45) is 5.73 Å². The summed E-state index contributed by atoms with van der Waals surface area (Å²) >= 11 is 1.56. The summed E-state index contributed by atoms with van der Waals surface area (Å²) in [6.07, 6.45) is -0.244. The number of aromatic nitrogens is 2. The van der Waals surface area contributed by atoms with Gasteiger partial charge in [0.2, 0.25) is 0 Å². The van der Waals surface area contributed by atoms with E-state index in [-0.39, 0.29) is 6.04 Å². The number of fused-ring (bicyclic) bond motifs is 1. The third-order valence-electron chi connectivity index (χ3n) is 4.99. The van der Waals surface area contributed by atoms with Gasteiger partial charge in [-0.1, -0.05) is 35.6 Å². The quantitative estimate of drug-likeness (QED) is 0.404. The van der Waals surface area contributed by atoms with Crippen LogP contribution in [0.4, 0.5) is 18.3 Å². The summed E-state index contributed by atoms with van der Waals surface area (Å²) < 4.78 is 38.0. The minimum Gasteiger partial charge on any atom is -0.360 e. The average Bonchev–Trinajstić information content (AvgIpc) is 3.12. The van der Waals surface area contributed by atoms with Crippen LogP contribution in [0.3, 0.4) is 0 Å². The number of alkyl halides is 3. The molecule has 2 aromatic carbocycles. The Kier molecular flexibility index (Phi) is 5.93. The van der Waals surface area contributed by atoms with Gasteiger partial charge in [-0.05, 0) is 54.1 Å². The van der Waals surface area contributed by atoms with E-state index in [1.165, 1.54) is 12.1 Å². The summed E-state index contributed by atoms with van der Waals surface area (Å²) in [5.74, 6) is 0. The van der Waals surface area contributed by atoms with Crippen molar-refractivity contribution in [2.45, 2.75) is 25.6 Å². The Morgan fingerprint density at radius 2 is 1.84 bits per heavy atom. The highest BCUT2D eigenvalue weighted by atomic mass is 32.1. The lowest BCUT2D eigenvalue weighted by Crippen LogP contribution is -2.31. The summed E-state index contributed by atoms with van der Waals surface area (Å²) in [7, 11) is 0. The predicted octanol–water partition coefficient (Wildman–Crippen LogP) is 5.67. The molecule has 0 unspecified atom stereocenters. The van der Waals surface area contributed by atoms with Crippen molar-refractivity contribution in [2.75, 3.05) is 11.9 Å². The van der Waals surface area contributed by atoms with E-state index in [9.17, 15) is 13.2 Å². The molecular weight excluding hydrogens is 421 g/mol. The highest BCUT2D eigenvalue weighted by molar-refractivity contribution is 7.19. The number of hydrogen-bond donors (Lipinski definition) is 2. The molecule has 2 heterocycles. The van der Waals surface area contributed by atoms with E-state index in [0.29, 0.717) is 13.0 Å². The number of hydrogen-bond acceptors (Lipinski definition) is 5. The second kappa shape index (κ2) is 8.64. The Morgan fingerprint density at radius 3 is 2.58 bits per heavy atom. The van der Waals surface area contributed by atoms with Crippen molar-refractivity contribution in [1.82, 2.24) is 9.97 Å². The summed E-state index contributed by atoms with van der Waals surface area (Å²) in [5.41, 5.74) is 8.32. The monoisotopic (exact) mass is 442 g/mol. The van der Waals surface area contributed by atoms with Crippen molar-refractivity contribution < 1.29 is 13.2 Å². The van der Waals surface area contributed by atoms with Crippen molar-refractivity contribution in [3.8, 4) is 10.4 Å². The molecule has 0 fully saturated rings. The van der Waals surface area contributed by atoms with Crippen LogP contribution in [0.2, 0.25) is 0 Å². The van der Waals surface area contributed by atoms with Crippen LogP contribution in [0.15, 0.2) is 60.9 Å². The fraction of sp³-hybridized carbons (Fsp3) is 0.217. The lowest BCUT2D eigenvalue weighted by atomic mass is 10.0. The van der Waals surface area contributed by atoms with Crippen LogP contribution in [0, 0.1) is 6.92 Å². The maximum absolute atomic E-state index is 12.7. The summed E-state index contributed by atoms with van der Waals surface area (Å²) in [4.78, 5) is 9.82. The number of halogens is 3. The highest BCUT2D eigenvalue weighted by Crippen LogP contribution is 2.34. The molecule has 0 amide bonds. The van der Waals surface area contributed by atoms with E-state index in [2.05, 4.69) is 27.4 Å². The van der Waals surface area contributed by atoms with E-state index in [1.54, 1.807) is 17.5 Å². The van der Waals surface area contributed by atoms with Gasteiger partial charge < -0.3 is 11.1 Å². The van der Waals surface area contributed by atoms with E-state index in [4.69, 9.17) is 5.73 Å². The number of benzene rings is 2. The van der Waals surface area contributed by atoms with E-state index >= 15 is 0 Å². The Morgan fingerprint density at radius 1 is 1.06 bits per heavy atom. The molecule has 31 heavy (non-hydrogen) atoms. The Labute approximate surface area is 182 Å². The third-order valence-corrected chi connectivity index (χ3v) is 6.16. The lowest BCUT2D eigenvalue weighted by Gasteiger charge is -2.13. The first kappa shape index (κ1) is 21.3. The largest absolute Gasteiger partial charge is 0.416 e. The molecule has 0 saturated heterocycles. The second-order valence-corrected chi connectivity index (χ2v) is 8.41. The van der Waals surface area contributed by atoms with Gasteiger partial charge in [0.25, 0.3) is 0 Å². The van der Waals surface area contributed by atoms with Gasteiger partial charge in [-0.2, -0.15) is 13.2 Å². The molecule has 0 aliphatic carbocycles. The van der Waals surface area contributed by atoms with Crippen molar-refractivity contribution in [3.63, 3.8) is 0 Å². The molecule has 0 aliphatic heterocycles. The number of pyridine rings is 1. The first-order chi connectivity index (χ1) is 14.8. The van der Waals surface area contributed by atoms with Crippen LogP contribution in [0.5, 0.6) is 0 Å². The smallest absolute Gasteiger partial charge is 0.360 e. The Balaban J connectivity index is 1.40. The molecule has 0 saturated carbocycles. The molecule has 3 N–H and O–H groups in total. The first-order valence-corrected chi connectivity index (χ1v) is 10.6. The molecule has 4 rings (SSSR count). The van der Waals surface area contributed by atoms with E-state index < -0.39 is 11.7 Å². The van der Waals surface area contributed by atoms with E-state index in [1.807, 2.05) is 25.3 Å². The average molecular weight is 443 g/mol. The first-order valence-electron chi connectivity index (χ1n) is 9.77. The number of nitrogens with two attached hydrogens (primary N) is 1. The number of aryl methyl sites for hydroxylation is 1. The minimum atomic E-state index is -4.33. The highest BCUT2D eigenvalue weighted by Gasteiger charge is 2.29. The van der Waals surface area contributed by atoms with Crippen LogP contribution >= 0.6 is 11.3 Å². The summed E-state index contributed by atoms with van der Waals surface area (Å²) in [5, 5.41) is 6.23. The fourth-order valence-electron chi connectivity index (χ4n) is 3.39. The van der Waals surface area contributed by atoms with Gasteiger partial charge in [-0.3, -0.25) is 4.98 Å². The third kappa shape index (κ3) is 5.03. The topological polar surface area (TPSA) is 63.8 Å². The van der Waals surface area contributed by atoms with Crippen LogP contribution in [-0.2, 0) is 12.6 Å². The molecule has 160 valence electrons. The van der Waals surface area contributed by atoms with Gasteiger partial charge in [-0.25, -0.2) is 4.98 Å². The maximum Gasteiger partial charge on any atom is 0.416 e. The Hall–Kier alpha value is -2.97. The van der Waals surface area contributed by atoms with Gasteiger partial charge in [0.15, 0.2) is 5.13 Å². The van der Waals surface area contributed by atoms with Gasteiger partial charge in [0.05, 0.1) is 16.1 Å². The minimum absolute atomic E-state index is 0.252. The summed E-state index contributed by atoms with van der Waals surface area (Å²) in [6, 6.07) is 13.1. The van der Waals surface area contributed by atoms with Crippen molar-refractivity contribution in [3.05, 3.63) is 77.7 Å². The molecule has 0 bridgehead atoms. The number of thiazole rings is 1. The summed E-state index contributed by atoms with van der Waals surface area (Å²) in [6.45, 7) is 2.44. The number of nitrogens with zero attached hydrogens (tertiary/aromatic N) is 2.